The molecule has 3 nitrogen and oxygen atoms in total. The van der Waals surface area contributed by atoms with Crippen LogP contribution in [0.2, 0.25) is 0 Å². The van der Waals surface area contributed by atoms with E-state index in [0.717, 1.165) is 22.7 Å². The molecule has 2 unspecified atom stereocenters. The predicted octanol–water partition coefficient (Wildman–Crippen LogP) is 2.12. The van der Waals surface area contributed by atoms with Gasteiger partial charge in [-0.15, -0.1) is 11.3 Å². The van der Waals surface area contributed by atoms with E-state index in [4.69, 9.17) is 5.26 Å². The lowest BCUT2D eigenvalue weighted by molar-refractivity contribution is 0.113. The van der Waals surface area contributed by atoms with E-state index < -0.39 is 0 Å². The molecule has 0 radical (unpaired) electrons. The molecule has 0 amide bonds. The Hall–Kier alpha value is -0.890. The van der Waals surface area contributed by atoms with Crippen LogP contribution in [-0.4, -0.2) is 17.8 Å². The number of aliphatic hydroxyl groups excluding tert-OH is 1. The number of nitrogens with zero attached hydrogens (tertiary/aromatic N) is 1. The smallest absolute Gasteiger partial charge is 0.110 e. The van der Waals surface area contributed by atoms with Crippen LogP contribution in [0.25, 0.3) is 0 Å². The normalized spacial score (nSPS) is 14.4. The van der Waals surface area contributed by atoms with Crippen molar-refractivity contribution in [3.05, 3.63) is 21.9 Å². The fraction of sp³-hybridized carbons (Fsp3) is 0.583. The minimum Gasteiger partial charge on any atom is -0.392 e. The van der Waals surface area contributed by atoms with E-state index >= 15 is 0 Å². The fourth-order valence-corrected chi connectivity index (χ4v) is 2.12. The lowest BCUT2D eigenvalue weighted by Gasteiger charge is -2.17. The second-order valence-electron chi connectivity index (χ2n) is 3.96. The monoisotopic (exact) mass is 238 g/mol. The van der Waals surface area contributed by atoms with Crippen molar-refractivity contribution in [1.82, 2.24) is 5.32 Å². The van der Waals surface area contributed by atoms with Gasteiger partial charge in [-0.05, 0) is 18.1 Å². The van der Waals surface area contributed by atoms with E-state index in [2.05, 4.69) is 18.3 Å². The quantitative estimate of drug-likeness (QED) is 0.798. The molecule has 1 heterocycles. The zero-order valence-electron chi connectivity index (χ0n) is 9.73. The van der Waals surface area contributed by atoms with Gasteiger partial charge < -0.3 is 10.4 Å². The first-order chi connectivity index (χ1) is 7.67. The van der Waals surface area contributed by atoms with Crippen molar-refractivity contribution in [2.75, 3.05) is 6.54 Å². The predicted molar refractivity (Wildman–Crippen MR) is 66.2 cm³/mol. The Labute approximate surface area is 101 Å². The molecule has 88 valence electrons. The van der Waals surface area contributed by atoms with Gasteiger partial charge in [0.05, 0.1) is 6.10 Å². The summed E-state index contributed by atoms with van der Waals surface area (Å²) in [6.45, 7) is 5.45. The largest absolute Gasteiger partial charge is 0.392 e. The van der Waals surface area contributed by atoms with Crippen molar-refractivity contribution >= 4 is 11.3 Å². The van der Waals surface area contributed by atoms with Crippen LogP contribution in [0.3, 0.4) is 0 Å². The van der Waals surface area contributed by atoms with Gasteiger partial charge in [-0.3, -0.25) is 0 Å². The number of rotatable bonds is 6. The van der Waals surface area contributed by atoms with Gasteiger partial charge in [0.2, 0.25) is 0 Å². The van der Waals surface area contributed by atoms with Crippen LogP contribution in [0.4, 0.5) is 0 Å². The summed E-state index contributed by atoms with van der Waals surface area (Å²) in [7, 11) is 0. The molecule has 0 aliphatic carbocycles. The molecule has 0 saturated heterocycles. The summed E-state index contributed by atoms with van der Waals surface area (Å²) in [5.41, 5.74) is 0. The summed E-state index contributed by atoms with van der Waals surface area (Å²) in [6.07, 6.45) is 0.695. The topological polar surface area (TPSA) is 56.0 Å². The summed E-state index contributed by atoms with van der Waals surface area (Å²) in [5, 5.41) is 21.6. The van der Waals surface area contributed by atoms with Crippen LogP contribution in [0.1, 0.15) is 30.0 Å². The van der Waals surface area contributed by atoms with Crippen LogP contribution >= 0.6 is 11.3 Å². The van der Waals surface area contributed by atoms with Gasteiger partial charge in [0.25, 0.3) is 0 Å². The number of hydrogen-bond donors (Lipinski definition) is 2. The summed E-state index contributed by atoms with van der Waals surface area (Å²) in [6, 6.07) is 5.89. The molecule has 1 aromatic heterocycles. The van der Waals surface area contributed by atoms with Gasteiger partial charge in [0.15, 0.2) is 0 Å². The Morgan fingerprint density at radius 1 is 1.56 bits per heavy atom. The molecule has 0 aromatic carbocycles. The molecule has 16 heavy (non-hydrogen) atoms. The number of thiophene rings is 1. The van der Waals surface area contributed by atoms with Crippen molar-refractivity contribution in [1.29, 1.82) is 5.26 Å². The second-order valence-corrected chi connectivity index (χ2v) is 5.13. The minimum atomic E-state index is -0.291. The van der Waals surface area contributed by atoms with Crippen LogP contribution < -0.4 is 5.32 Å². The standard InChI is InChI=1S/C12H18N2OS/c1-3-9(2)12(15)8-14-7-11-5-4-10(6-13)16-11/h4-5,9,12,14-15H,3,7-8H2,1-2H3. The molecule has 1 aromatic rings. The molecule has 1 rings (SSSR count). The Morgan fingerprint density at radius 3 is 2.88 bits per heavy atom. The van der Waals surface area contributed by atoms with Crippen molar-refractivity contribution in [2.24, 2.45) is 5.92 Å². The number of hydrogen-bond acceptors (Lipinski definition) is 4. The Balaban J connectivity index is 2.28. The molecule has 2 N–H and O–H groups in total. The van der Waals surface area contributed by atoms with Crippen molar-refractivity contribution in [3.8, 4) is 6.07 Å². The maximum atomic E-state index is 9.74. The molecular formula is C12H18N2OS. The van der Waals surface area contributed by atoms with E-state index in [0.29, 0.717) is 12.5 Å². The highest BCUT2D eigenvalue weighted by Crippen LogP contribution is 2.15. The first-order valence-corrected chi connectivity index (χ1v) is 6.36. The zero-order chi connectivity index (χ0) is 12.0. The van der Waals surface area contributed by atoms with Crippen LogP contribution in [0.5, 0.6) is 0 Å². The SMILES string of the molecule is CCC(C)C(O)CNCc1ccc(C#N)s1. The van der Waals surface area contributed by atoms with E-state index in [1.165, 1.54) is 11.3 Å². The third-order valence-electron chi connectivity index (χ3n) is 2.73. The maximum absolute atomic E-state index is 9.74. The Morgan fingerprint density at radius 2 is 2.31 bits per heavy atom. The third kappa shape index (κ3) is 3.93. The average molecular weight is 238 g/mol. The average Bonchev–Trinajstić information content (AvgIpc) is 2.75. The molecule has 4 heteroatoms. The Bertz CT molecular complexity index is 356. The third-order valence-corrected chi connectivity index (χ3v) is 3.72. The van der Waals surface area contributed by atoms with Gasteiger partial charge in [-0.25, -0.2) is 0 Å². The first-order valence-electron chi connectivity index (χ1n) is 5.55. The van der Waals surface area contributed by atoms with Gasteiger partial charge in [-0.2, -0.15) is 5.26 Å². The van der Waals surface area contributed by atoms with Crippen LogP contribution in [0.15, 0.2) is 12.1 Å². The number of aliphatic hydroxyl groups is 1. The maximum Gasteiger partial charge on any atom is 0.110 e. The van der Waals surface area contributed by atoms with Crippen molar-refractivity contribution < 1.29 is 5.11 Å². The molecule has 0 aliphatic heterocycles. The minimum absolute atomic E-state index is 0.291. The number of nitriles is 1. The Kier molecular flexibility index (Phi) is 5.47. The molecule has 2 atom stereocenters. The molecule has 0 bridgehead atoms. The highest BCUT2D eigenvalue weighted by molar-refractivity contribution is 7.12. The van der Waals surface area contributed by atoms with E-state index in [9.17, 15) is 5.11 Å². The summed E-state index contributed by atoms with van der Waals surface area (Å²) in [4.78, 5) is 1.87. The first kappa shape index (κ1) is 13.2. The summed E-state index contributed by atoms with van der Waals surface area (Å²) in [5.74, 6) is 0.325. The summed E-state index contributed by atoms with van der Waals surface area (Å²) < 4.78 is 0. The molecule has 0 fully saturated rings. The molecular weight excluding hydrogens is 220 g/mol. The van der Waals surface area contributed by atoms with Crippen molar-refractivity contribution in [2.45, 2.75) is 32.9 Å². The lowest BCUT2D eigenvalue weighted by atomic mass is 10.0. The molecule has 0 saturated carbocycles. The van der Waals surface area contributed by atoms with E-state index in [-0.39, 0.29) is 6.10 Å². The van der Waals surface area contributed by atoms with Gasteiger partial charge >= 0.3 is 0 Å². The van der Waals surface area contributed by atoms with Gasteiger partial charge in [0, 0.05) is 18.0 Å². The van der Waals surface area contributed by atoms with E-state index in [1.807, 2.05) is 19.1 Å². The van der Waals surface area contributed by atoms with Crippen molar-refractivity contribution in [3.63, 3.8) is 0 Å². The van der Waals surface area contributed by atoms with Gasteiger partial charge in [-0.1, -0.05) is 20.3 Å². The second kappa shape index (κ2) is 6.64. The molecule has 0 spiro atoms. The van der Waals surface area contributed by atoms with Crippen LogP contribution in [-0.2, 0) is 6.54 Å². The number of nitrogens with one attached hydrogen (secondary N) is 1. The van der Waals surface area contributed by atoms with Crippen LogP contribution in [0, 0.1) is 17.2 Å². The summed E-state index contributed by atoms with van der Waals surface area (Å²) >= 11 is 1.49. The fourth-order valence-electron chi connectivity index (χ4n) is 1.35. The highest BCUT2D eigenvalue weighted by Gasteiger charge is 2.11. The lowest BCUT2D eigenvalue weighted by Crippen LogP contribution is -2.30. The molecule has 0 aliphatic rings. The van der Waals surface area contributed by atoms with Gasteiger partial charge in [0.1, 0.15) is 10.9 Å². The van der Waals surface area contributed by atoms with E-state index in [1.54, 1.807) is 0 Å². The highest BCUT2D eigenvalue weighted by atomic mass is 32.1. The zero-order valence-corrected chi connectivity index (χ0v) is 10.5.